The molecule has 0 aromatic rings. The fourth-order valence-corrected chi connectivity index (χ4v) is 2.08. The molecule has 0 fully saturated rings. The van der Waals surface area contributed by atoms with Gasteiger partial charge in [0.2, 0.25) is 0 Å². The molecule has 0 N–H and O–H groups in total. The quantitative estimate of drug-likeness (QED) is 0.609. The van der Waals surface area contributed by atoms with E-state index in [0.29, 0.717) is 18.3 Å². The van der Waals surface area contributed by atoms with Crippen molar-refractivity contribution < 1.29 is 9.53 Å². The monoisotopic (exact) mass is 219 g/mol. The van der Waals surface area contributed by atoms with E-state index in [9.17, 15) is 4.79 Å². The molecule has 1 unspecified atom stereocenters. The molecule has 3 nitrogen and oxygen atoms in total. The molecule has 0 saturated carbocycles. The summed E-state index contributed by atoms with van der Waals surface area (Å²) < 4.78 is 4.88. The summed E-state index contributed by atoms with van der Waals surface area (Å²) in [7, 11) is 4.10. The maximum atomic E-state index is 11.1. The first-order chi connectivity index (χ1) is 6.56. The van der Waals surface area contributed by atoms with Crippen molar-refractivity contribution in [3.63, 3.8) is 0 Å². The van der Waals surface area contributed by atoms with Crippen LogP contribution in [0.25, 0.3) is 0 Å². The zero-order valence-corrected chi connectivity index (χ0v) is 10.4. The topological polar surface area (TPSA) is 29.5 Å². The maximum absolute atomic E-state index is 11.1. The highest BCUT2D eigenvalue weighted by Crippen LogP contribution is 2.14. The van der Waals surface area contributed by atoms with E-state index in [4.69, 9.17) is 4.74 Å². The van der Waals surface area contributed by atoms with Gasteiger partial charge in [0.1, 0.15) is 0 Å². The Bertz CT molecular complexity index is 162. The van der Waals surface area contributed by atoms with Gasteiger partial charge in [-0.2, -0.15) is 11.8 Å². The highest BCUT2D eigenvalue weighted by atomic mass is 32.2. The number of thioether (sulfide) groups is 1. The van der Waals surface area contributed by atoms with Crippen LogP contribution in [0.5, 0.6) is 0 Å². The van der Waals surface area contributed by atoms with Crippen LogP contribution in [0.2, 0.25) is 0 Å². The summed E-state index contributed by atoms with van der Waals surface area (Å²) in [5.41, 5.74) is 0. The summed E-state index contributed by atoms with van der Waals surface area (Å²) in [6, 6.07) is 0. The summed E-state index contributed by atoms with van der Waals surface area (Å²) in [6.07, 6.45) is 0.520. The standard InChI is InChI=1S/C10H21NO2S/c1-5-13-10(12)8-9(2)14-7-6-11(3)4/h9H,5-8H2,1-4H3. The van der Waals surface area contributed by atoms with Gasteiger partial charge in [0.05, 0.1) is 13.0 Å². The number of ether oxygens (including phenoxy) is 1. The Morgan fingerprint density at radius 1 is 1.50 bits per heavy atom. The van der Waals surface area contributed by atoms with E-state index in [1.165, 1.54) is 0 Å². The molecular formula is C10H21NO2S. The van der Waals surface area contributed by atoms with Crippen molar-refractivity contribution in [3.8, 4) is 0 Å². The van der Waals surface area contributed by atoms with E-state index < -0.39 is 0 Å². The molecule has 0 aliphatic heterocycles. The predicted octanol–water partition coefficient (Wildman–Crippen LogP) is 1.62. The number of esters is 1. The van der Waals surface area contributed by atoms with Gasteiger partial charge in [-0.15, -0.1) is 0 Å². The average Bonchev–Trinajstić information content (AvgIpc) is 2.03. The fraction of sp³-hybridized carbons (Fsp3) is 0.900. The van der Waals surface area contributed by atoms with E-state index in [0.717, 1.165) is 12.3 Å². The van der Waals surface area contributed by atoms with Crippen LogP contribution in [0.15, 0.2) is 0 Å². The van der Waals surface area contributed by atoms with Gasteiger partial charge in [-0.1, -0.05) is 6.92 Å². The molecule has 84 valence electrons. The molecule has 0 heterocycles. The van der Waals surface area contributed by atoms with Crippen molar-refractivity contribution >= 4 is 17.7 Å². The van der Waals surface area contributed by atoms with Crippen molar-refractivity contribution in [2.24, 2.45) is 0 Å². The van der Waals surface area contributed by atoms with Gasteiger partial charge in [-0.25, -0.2) is 0 Å². The summed E-state index contributed by atoms with van der Waals surface area (Å²) in [4.78, 5) is 13.2. The van der Waals surface area contributed by atoms with Gasteiger partial charge in [0.25, 0.3) is 0 Å². The van der Waals surface area contributed by atoms with Crippen molar-refractivity contribution in [2.75, 3.05) is 33.0 Å². The third kappa shape index (κ3) is 8.38. The highest BCUT2D eigenvalue weighted by molar-refractivity contribution is 7.99. The normalized spacial score (nSPS) is 12.9. The molecule has 0 saturated heterocycles. The van der Waals surface area contributed by atoms with E-state index in [2.05, 4.69) is 25.9 Å². The third-order valence-corrected chi connectivity index (χ3v) is 2.85. The van der Waals surface area contributed by atoms with Crippen molar-refractivity contribution in [3.05, 3.63) is 0 Å². The van der Waals surface area contributed by atoms with Crippen LogP contribution in [-0.2, 0) is 9.53 Å². The highest BCUT2D eigenvalue weighted by Gasteiger charge is 2.09. The van der Waals surface area contributed by atoms with Crippen LogP contribution >= 0.6 is 11.8 Å². The van der Waals surface area contributed by atoms with E-state index >= 15 is 0 Å². The minimum Gasteiger partial charge on any atom is -0.466 e. The lowest BCUT2D eigenvalue weighted by Crippen LogP contribution is -2.17. The first kappa shape index (κ1) is 13.8. The Morgan fingerprint density at radius 2 is 2.14 bits per heavy atom. The van der Waals surface area contributed by atoms with Gasteiger partial charge in [-0.3, -0.25) is 4.79 Å². The first-order valence-corrected chi connectivity index (χ1v) is 6.03. The number of rotatable bonds is 7. The Hall–Kier alpha value is -0.220. The number of carbonyl (C=O) groups is 1. The van der Waals surface area contributed by atoms with Crippen LogP contribution in [0.3, 0.4) is 0 Å². The van der Waals surface area contributed by atoms with Crippen LogP contribution in [-0.4, -0.2) is 49.1 Å². The average molecular weight is 219 g/mol. The molecule has 0 spiro atoms. The molecule has 0 aromatic heterocycles. The van der Waals surface area contributed by atoms with Gasteiger partial charge in [-0.05, 0) is 21.0 Å². The molecule has 14 heavy (non-hydrogen) atoms. The Labute approximate surface area is 91.2 Å². The molecule has 0 aliphatic carbocycles. The van der Waals surface area contributed by atoms with Crippen LogP contribution < -0.4 is 0 Å². The minimum atomic E-state index is -0.0858. The number of nitrogens with zero attached hydrogens (tertiary/aromatic N) is 1. The molecule has 0 aliphatic rings. The molecule has 0 aromatic carbocycles. The molecular weight excluding hydrogens is 198 g/mol. The zero-order valence-electron chi connectivity index (χ0n) is 9.58. The summed E-state index contributed by atoms with van der Waals surface area (Å²) in [6.45, 7) is 5.44. The van der Waals surface area contributed by atoms with E-state index in [-0.39, 0.29) is 5.97 Å². The number of carbonyl (C=O) groups excluding carboxylic acids is 1. The van der Waals surface area contributed by atoms with Gasteiger partial charge in [0.15, 0.2) is 0 Å². The lowest BCUT2D eigenvalue weighted by molar-refractivity contribution is -0.142. The molecule has 0 bridgehead atoms. The van der Waals surface area contributed by atoms with Crippen molar-refractivity contribution in [2.45, 2.75) is 25.5 Å². The molecule has 0 radical (unpaired) electrons. The predicted molar refractivity (Wildman–Crippen MR) is 61.7 cm³/mol. The third-order valence-electron chi connectivity index (χ3n) is 1.70. The van der Waals surface area contributed by atoms with Crippen molar-refractivity contribution in [1.29, 1.82) is 0 Å². The smallest absolute Gasteiger partial charge is 0.306 e. The lowest BCUT2D eigenvalue weighted by atomic mass is 10.3. The fourth-order valence-electron chi connectivity index (χ4n) is 0.950. The lowest BCUT2D eigenvalue weighted by Gasteiger charge is -2.12. The van der Waals surface area contributed by atoms with E-state index in [1.807, 2.05) is 18.7 Å². The number of hydrogen-bond donors (Lipinski definition) is 0. The second kappa shape index (κ2) is 8.12. The molecule has 4 heteroatoms. The van der Waals surface area contributed by atoms with Gasteiger partial charge >= 0.3 is 5.97 Å². The molecule has 0 rings (SSSR count). The Balaban J connectivity index is 3.44. The van der Waals surface area contributed by atoms with Crippen LogP contribution in [0.4, 0.5) is 0 Å². The van der Waals surface area contributed by atoms with Crippen LogP contribution in [0, 0.1) is 0 Å². The minimum absolute atomic E-state index is 0.0858. The van der Waals surface area contributed by atoms with Crippen LogP contribution in [0.1, 0.15) is 20.3 Å². The van der Waals surface area contributed by atoms with E-state index in [1.54, 1.807) is 0 Å². The largest absolute Gasteiger partial charge is 0.466 e. The SMILES string of the molecule is CCOC(=O)CC(C)SCCN(C)C. The summed E-state index contributed by atoms with van der Waals surface area (Å²) >= 11 is 1.82. The first-order valence-electron chi connectivity index (χ1n) is 4.98. The maximum Gasteiger partial charge on any atom is 0.306 e. The Kier molecular flexibility index (Phi) is 7.99. The van der Waals surface area contributed by atoms with Crippen molar-refractivity contribution in [1.82, 2.24) is 4.90 Å². The Morgan fingerprint density at radius 3 is 2.64 bits per heavy atom. The number of hydrogen-bond acceptors (Lipinski definition) is 4. The molecule has 1 atom stereocenters. The summed E-state index contributed by atoms with van der Waals surface area (Å²) in [5, 5.41) is 0.356. The summed E-state index contributed by atoms with van der Waals surface area (Å²) in [5.74, 6) is 0.977. The van der Waals surface area contributed by atoms with Gasteiger partial charge in [0, 0.05) is 17.5 Å². The zero-order chi connectivity index (χ0) is 11.0. The second-order valence-corrected chi connectivity index (χ2v) is 5.04. The molecule has 0 amide bonds. The van der Waals surface area contributed by atoms with Gasteiger partial charge < -0.3 is 9.64 Å². The second-order valence-electron chi connectivity index (χ2n) is 3.49.